The summed E-state index contributed by atoms with van der Waals surface area (Å²) in [6.45, 7) is 6.37. The monoisotopic (exact) mass is 555 g/mol. The number of imide groups is 1. The van der Waals surface area contributed by atoms with Crippen LogP contribution >= 0.6 is 0 Å². The first kappa shape index (κ1) is 30.0. The molecule has 3 N–H and O–H groups in total. The summed E-state index contributed by atoms with van der Waals surface area (Å²) in [6, 6.07) is 4.23. The highest BCUT2D eigenvalue weighted by molar-refractivity contribution is 6.43. The molecule has 216 valence electrons. The Morgan fingerprint density at radius 1 is 1.18 bits per heavy atom. The normalized spacial score (nSPS) is 25.1. The van der Waals surface area contributed by atoms with Crippen LogP contribution in [0.15, 0.2) is 34.9 Å². The van der Waals surface area contributed by atoms with Crippen molar-refractivity contribution in [1.82, 2.24) is 4.90 Å². The van der Waals surface area contributed by atoms with E-state index in [1.807, 2.05) is 13.0 Å². The number of hydrogen-bond donors (Lipinski definition) is 3. The largest absolute Gasteiger partial charge is 0.505 e. The summed E-state index contributed by atoms with van der Waals surface area (Å²) in [5, 5.41) is 29.0. The summed E-state index contributed by atoms with van der Waals surface area (Å²) in [5.74, 6) is -3.41. The second kappa shape index (κ2) is 12.7. The summed E-state index contributed by atoms with van der Waals surface area (Å²) in [6.07, 6.45) is 5.15. The van der Waals surface area contributed by atoms with Crippen molar-refractivity contribution < 1.29 is 38.7 Å². The minimum absolute atomic E-state index is 0.0695. The number of phenolic OH excluding ortho intramolecular Hbond substituents is 1. The molecule has 8 nitrogen and oxygen atoms in total. The fourth-order valence-electron chi connectivity index (χ4n) is 6.59. The van der Waals surface area contributed by atoms with Gasteiger partial charge < -0.3 is 19.9 Å². The van der Waals surface area contributed by atoms with Gasteiger partial charge in [0.25, 0.3) is 0 Å². The third-order valence-electron chi connectivity index (χ3n) is 8.49. The minimum atomic E-state index is -1.05. The quantitative estimate of drug-likeness (QED) is 0.155. The number of halogens is 1. The van der Waals surface area contributed by atoms with Gasteiger partial charge in [-0.2, -0.15) is 0 Å². The van der Waals surface area contributed by atoms with E-state index in [1.165, 1.54) is 17.0 Å². The Hall–Kier alpha value is -2.98. The highest BCUT2D eigenvalue weighted by Gasteiger charge is 2.57. The number of rotatable bonds is 11. The zero-order valence-corrected chi connectivity index (χ0v) is 23.4. The predicted molar refractivity (Wildman–Crippen MR) is 148 cm³/mol. The standard InChI is InChI=1S/C30H39BFNO7/c1-17(2)20-15-21-28(30(38)33(29(21)37)12-6-4-5-7-26(35)36)22-16-31(39)40-25(27(20)22)11-8-18(3)13-19-9-10-24(34)23(32)14-19/h9-10,13-14,17,21-22,25,28,34,39H,4-8,11-12,15-16H2,1-3H3,(H,35,36)/b18-13+/t21-,22+,25-,28-/m1/s1. The van der Waals surface area contributed by atoms with Gasteiger partial charge in [-0.15, -0.1) is 0 Å². The van der Waals surface area contributed by atoms with Crippen molar-refractivity contribution in [3.05, 3.63) is 46.3 Å². The molecule has 1 aliphatic carbocycles. The Morgan fingerprint density at radius 2 is 1.93 bits per heavy atom. The van der Waals surface area contributed by atoms with Gasteiger partial charge in [-0.05, 0) is 80.5 Å². The number of aromatic hydroxyl groups is 1. The lowest BCUT2D eigenvalue weighted by molar-refractivity contribution is -0.141. The maximum absolute atomic E-state index is 13.8. The lowest BCUT2D eigenvalue weighted by Gasteiger charge is -2.44. The number of allylic oxidation sites excluding steroid dienone is 2. The van der Waals surface area contributed by atoms with Crippen LogP contribution in [0.4, 0.5) is 4.39 Å². The maximum atomic E-state index is 13.8. The lowest BCUT2D eigenvalue weighted by Crippen LogP contribution is -2.46. The molecule has 0 bridgehead atoms. The van der Waals surface area contributed by atoms with Crippen molar-refractivity contribution in [1.29, 1.82) is 0 Å². The average Bonchev–Trinajstić information content (AvgIpc) is 3.13. The topological polar surface area (TPSA) is 124 Å². The number of benzene rings is 1. The zero-order chi connectivity index (χ0) is 29.1. The molecule has 4 rings (SSSR count). The van der Waals surface area contributed by atoms with Crippen molar-refractivity contribution in [3.8, 4) is 5.75 Å². The van der Waals surface area contributed by atoms with E-state index < -0.39 is 42.6 Å². The van der Waals surface area contributed by atoms with Crippen LogP contribution in [-0.4, -0.2) is 57.7 Å². The molecular formula is C30H39BFNO7. The molecule has 40 heavy (non-hydrogen) atoms. The van der Waals surface area contributed by atoms with E-state index in [0.717, 1.165) is 16.7 Å². The second-order valence-electron chi connectivity index (χ2n) is 11.7. The first-order valence-electron chi connectivity index (χ1n) is 14.3. The van der Waals surface area contributed by atoms with Crippen molar-refractivity contribution in [2.24, 2.45) is 23.7 Å². The molecule has 1 aromatic carbocycles. The third kappa shape index (κ3) is 6.49. The number of carbonyl (C=O) groups is 3. The highest BCUT2D eigenvalue weighted by Crippen LogP contribution is 2.52. The number of nitrogens with zero attached hydrogens (tertiary/aromatic N) is 1. The van der Waals surface area contributed by atoms with Gasteiger partial charge in [-0.25, -0.2) is 4.39 Å². The van der Waals surface area contributed by atoms with Crippen LogP contribution in [0.1, 0.15) is 71.3 Å². The maximum Gasteiger partial charge on any atom is 0.455 e. The van der Waals surface area contributed by atoms with E-state index in [2.05, 4.69) is 13.8 Å². The number of phenols is 1. The zero-order valence-electron chi connectivity index (χ0n) is 23.4. The first-order valence-corrected chi connectivity index (χ1v) is 14.3. The number of unbranched alkanes of at least 4 members (excludes halogenated alkanes) is 2. The minimum Gasteiger partial charge on any atom is -0.505 e. The fourth-order valence-corrected chi connectivity index (χ4v) is 6.59. The van der Waals surface area contributed by atoms with Crippen LogP contribution in [0, 0.1) is 29.5 Å². The molecular weight excluding hydrogens is 516 g/mol. The number of fused-ring (bicyclic) bond motifs is 3. The number of carboxylic acids is 1. The lowest BCUT2D eigenvalue weighted by atomic mass is 9.57. The van der Waals surface area contributed by atoms with Gasteiger partial charge >= 0.3 is 13.1 Å². The van der Waals surface area contributed by atoms with E-state index in [-0.39, 0.29) is 42.9 Å². The van der Waals surface area contributed by atoms with Gasteiger partial charge in [0.1, 0.15) is 0 Å². The Labute approximate surface area is 235 Å². The Morgan fingerprint density at radius 3 is 2.60 bits per heavy atom. The number of aliphatic carboxylic acids is 1. The van der Waals surface area contributed by atoms with Crippen LogP contribution < -0.4 is 0 Å². The smallest absolute Gasteiger partial charge is 0.455 e. The molecule has 0 unspecified atom stereocenters. The molecule has 4 atom stereocenters. The Balaban J connectivity index is 1.51. The van der Waals surface area contributed by atoms with Gasteiger partial charge in [0.05, 0.1) is 17.9 Å². The van der Waals surface area contributed by atoms with Gasteiger partial charge in [0.2, 0.25) is 11.8 Å². The van der Waals surface area contributed by atoms with E-state index >= 15 is 0 Å². The van der Waals surface area contributed by atoms with E-state index in [0.29, 0.717) is 44.1 Å². The van der Waals surface area contributed by atoms with Crippen LogP contribution in [0.5, 0.6) is 5.75 Å². The summed E-state index contributed by atoms with van der Waals surface area (Å²) in [7, 11) is -1.05. The molecule has 0 aromatic heterocycles. The molecule has 10 heteroatoms. The van der Waals surface area contributed by atoms with Gasteiger partial charge in [-0.1, -0.05) is 43.6 Å². The fraction of sp³-hybridized carbons (Fsp3) is 0.567. The summed E-state index contributed by atoms with van der Waals surface area (Å²) in [4.78, 5) is 39.1. The predicted octanol–water partition coefficient (Wildman–Crippen LogP) is 4.81. The molecule has 0 saturated carbocycles. The molecule has 1 aromatic rings. The van der Waals surface area contributed by atoms with Crippen molar-refractivity contribution in [2.75, 3.05) is 6.54 Å². The molecule has 2 amide bonds. The van der Waals surface area contributed by atoms with Crippen LogP contribution in [0.2, 0.25) is 6.32 Å². The molecule has 2 fully saturated rings. The van der Waals surface area contributed by atoms with Crippen molar-refractivity contribution in [2.45, 2.75) is 78.1 Å². The van der Waals surface area contributed by atoms with Crippen LogP contribution in [0.3, 0.4) is 0 Å². The molecule has 2 heterocycles. The van der Waals surface area contributed by atoms with Gasteiger partial charge in [0, 0.05) is 13.0 Å². The third-order valence-corrected chi connectivity index (χ3v) is 8.49. The average molecular weight is 555 g/mol. The Bertz CT molecular complexity index is 1210. The number of amides is 2. The molecule has 0 spiro atoms. The molecule has 2 aliphatic heterocycles. The van der Waals surface area contributed by atoms with Gasteiger partial charge in [-0.3, -0.25) is 19.3 Å². The summed E-state index contributed by atoms with van der Waals surface area (Å²) < 4.78 is 19.8. The second-order valence-corrected chi connectivity index (χ2v) is 11.7. The van der Waals surface area contributed by atoms with Crippen molar-refractivity contribution >= 4 is 31.0 Å². The SMILES string of the molecule is C/C(=C\c1ccc(O)c(F)c1)CC[C@H]1OB(O)C[C@H]2C1=C(C(C)C)C[C@H]1C(=O)N(CCCCCC(=O)O)C(=O)[C@H]12. The molecule has 3 aliphatic rings. The van der Waals surface area contributed by atoms with E-state index in [9.17, 15) is 28.9 Å². The summed E-state index contributed by atoms with van der Waals surface area (Å²) >= 11 is 0. The number of likely N-dealkylation sites (tertiary alicyclic amines) is 1. The molecule has 0 radical (unpaired) electrons. The number of carboxylic acid groups (broad SMARTS) is 1. The van der Waals surface area contributed by atoms with Crippen LogP contribution in [-0.2, 0) is 19.0 Å². The summed E-state index contributed by atoms with van der Waals surface area (Å²) in [5.41, 5.74) is 3.77. The first-order chi connectivity index (χ1) is 19.0. The Kier molecular flexibility index (Phi) is 9.51. The van der Waals surface area contributed by atoms with E-state index in [1.54, 1.807) is 6.07 Å². The highest BCUT2D eigenvalue weighted by atomic mass is 19.1. The van der Waals surface area contributed by atoms with E-state index in [4.69, 9.17) is 9.76 Å². The van der Waals surface area contributed by atoms with Crippen LogP contribution in [0.25, 0.3) is 6.08 Å². The number of hydrogen-bond acceptors (Lipinski definition) is 6. The number of carbonyl (C=O) groups excluding carboxylic acids is 2. The molecule has 2 saturated heterocycles. The van der Waals surface area contributed by atoms with Gasteiger partial charge in [0.15, 0.2) is 11.6 Å². The van der Waals surface area contributed by atoms with Crippen molar-refractivity contribution in [3.63, 3.8) is 0 Å².